The zero-order valence-electron chi connectivity index (χ0n) is 18.9. The number of halogens is 3. The van der Waals surface area contributed by atoms with Gasteiger partial charge in [0.05, 0.1) is 0 Å². The van der Waals surface area contributed by atoms with Crippen molar-refractivity contribution in [2.75, 3.05) is 0 Å². The molecule has 0 spiro atoms. The van der Waals surface area contributed by atoms with E-state index in [0.717, 1.165) is 0 Å². The van der Waals surface area contributed by atoms with Crippen molar-refractivity contribution in [1.82, 2.24) is 0 Å². The molecule has 156 valence electrons. The van der Waals surface area contributed by atoms with Crippen LogP contribution in [0.1, 0.15) is 64.2 Å². The third kappa shape index (κ3) is 4.71. The van der Waals surface area contributed by atoms with Crippen molar-refractivity contribution < 1.29 is 57.7 Å². The van der Waals surface area contributed by atoms with Crippen molar-refractivity contribution in [3.05, 3.63) is 49.4 Å². The second-order valence-corrected chi connectivity index (χ2v) is 14.0. The summed E-state index contributed by atoms with van der Waals surface area (Å²) in [7, 11) is -1.78. The molecule has 2 atom stereocenters. The van der Waals surface area contributed by atoms with Crippen LogP contribution in [-0.4, -0.2) is 8.07 Å². The molecule has 1 aliphatic carbocycles. The molecule has 1 aliphatic rings. The molecule has 1 aromatic carbocycles. The summed E-state index contributed by atoms with van der Waals surface area (Å²) in [6.45, 7) is 21.6. The first-order valence-electron chi connectivity index (χ1n) is 9.72. The summed E-state index contributed by atoms with van der Waals surface area (Å²) in [5.74, 6) is 0. The van der Waals surface area contributed by atoms with Gasteiger partial charge in [-0.15, -0.1) is 0 Å². The molecule has 0 saturated heterocycles. The molecule has 0 aliphatic heterocycles. The van der Waals surface area contributed by atoms with Gasteiger partial charge in [0, 0.05) is 0 Å². The summed E-state index contributed by atoms with van der Waals surface area (Å²) in [6, 6.07) is 6.20. The Labute approximate surface area is 205 Å². The molecule has 5 heteroatoms. The molecular formula is C23H35Cl3SiTi. The topological polar surface area (TPSA) is 0 Å². The smallest absolute Gasteiger partial charge is 1.00 e. The number of hydrogen-bond donors (Lipinski definition) is 0. The maximum Gasteiger partial charge on any atom is -1.00 e. The Morgan fingerprint density at radius 2 is 1.36 bits per heavy atom. The van der Waals surface area contributed by atoms with E-state index in [1.807, 2.05) is 0 Å². The molecule has 0 radical (unpaired) electrons. The number of hydrogen-bond acceptors (Lipinski definition) is 0. The van der Waals surface area contributed by atoms with Crippen LogP contribution in [0.4, 0.5) is 0 Å². The van der Waals surface area contributed by atoms with E-state index in [1.165, 1.54) is 46.7 Å². The first kappa shape index (κ1) is 30.7. The average Bonchev–Trinajstić information content (AvgIpc) is 2.68. The maximum absolute atomic E-state index is 2.67. The Bertz CT molecular complexity index is 720. The van der Waals surface area contributed by atoms with Gasteiger partial charge in [-0.1, -0.05) is 0 Å². The average molecular weight is 494 g/mol. The normalized spacial score (nSPS) is 21.0. The van der Waals surface area contributed by atoms with Gasteiger partial charge in [-0.3, -0.25) is 0 Å². The third-order valence-electron chi connectivity index (χ3n) is 7.11. The molecule has 0 heterocycles. The Kier molecular flexibility index (Phi) is 12.3. The summed E-state index contributed by atoms with van der Waals surface area (Å²) < 4.78 is 1.63. The van der Waals surface area contributed by atoms with Crippen LogP contribution in [0.3, 0.4) is 0 Å². The molecule has 0 fully saturated rings. The summed E-state index contributed by atoms with van der Waals surface area (Å²) in [5.41, 5.74) is 9.15. The predicted octanol–water partition coefficient (Wildman–Crippen LogP) is -2.36. The van der Waals surface area contributed by atoms with Gasteiger partial charge in [0.1, 0.15) is 0 Å². The molecule has 2 unspecified atom stereocenters. The van der Waals surface area contributed by atoms with Crippen LogP contribution >= 0.6 is 0 Å². The van der Waals surface area contributed by atoms with E-state index in [4.69, 9.17) is 0 Å². The number of allylic oxidation sites excluding steroid dienone is 4. The Morgan fingerprint density at radius 3 is 1.71 bits per heavy atom. The minimum absolute atomic E-state index is 0. The summed E-state index contributed by atoms with van der Waals surface area (Å²) in [4.78, 5) is 0. The van der Waals surface area contributed by atoms with Crippen molar-refractivity contribution in [3.63, 3.8) is 0 Å². The number of aryl methyl sites for hydroxylation is 3. The van der Waals surface area contributed by atoms with E-state index in [9.17, 15) is 0 Å². The fraction of sp³-hybridized carbons (Fsp3) is 0.565. The van der Waals surface area contributed by atoms with E-state index < -0.39 is 8.07 Å². The number of unbranched alkanes of at least 4 members (excludes halogenated alkanes) is 1. The van der Waals surface area contributed by atoms with Crippen LogP contribution in [0.25, 0.3) is 0 Å². The van der Waals surface area contributed by atoms with Crippen LogP contribution in [0.5, 0.6) is 0 Å². The second-order valence-electron chi connectivity index (χ2n) is 8.58. The van der Waals surface area contributed by atoms with Gasteiger partial charge in [-0.2, -0.15) is 0 Å². The van der Waals surface area contributed by atoms with Gasteiger partial charge in [-0.25, -0.2) is 0 Å². The van der Waals surface area contributed by atoms with Gasteiger partial charge in [0.15, 0.2) is 0 Å². The number of benzene rings is 1. The molecule has 0 N–H and O–H groups in total. The van der Waals surface area contributed by atoms with Crippen molar-refractivity contribution in [2.24, 2.45) is 0 Å². The zero-order chi connectivity index (χ0) is 19.2. The predicted molar refractivity (Wildman–Crippen MR) is 111 cm³/mol. The third-order valence-corrected chi connectivity index (χ3v) is 14.9. The largest absolute Gasteiger partial charge is 1.00 e. The van der Waals surface area contributed by atoms with E-state index >= 15 is 0 Å². The van der Waals surface area contributed by atoms with Gasteiger partial charge < -0.3 is 37.2 Å². The maximum atomic E-state index is 2.67. The van der Waals surface area contributed by atoms with Crippen LogP contribution in [-0.2, 0) is 20.4 Å². The number of rotatable bonds is 5. The van der Waals surface area contributed by atoms with Crippen LogP contribution in [0.2, 0.25) is 17.6 Å². The van der Waals surface area contributed by atoms with Gasteiger partial charge in [0.25, 0.3) is 0 Å². The van der Waals surface area contributed by atoms with Crippen molar-refractivity contribution in [2.45, 2.75) is 85.9 Å². The van der Waals surface area contributed by atoms with Crippen LogP contribution < -0.4 is 42.4 Å². The summed E-state index contributed by atoms with van der Waals surface area (Å²) >= 11 is 2.41. The first-order valence-corrected chi connectivity index (χ1v) is 13.2. The van der Waals surface area contributed by atoms with E-state index in [1.54, 1.807) is 14.6 Å². The van der Waals surface area contributed by atoms with E-state index in [0.29, 0.717) is 0 Å². The second kappa shape index (κ2) is 11.2. The molecular weight excluding hydrogens is 459 g/mol. The SMILES string of the molecule is CCCC[Si](C)(c1c(C)cc(C)cc1C)C1(C)C(C)=C(C)C(C)=[C]1[Ti+3].[Cl-].[Cl-].[Cl-]. The molecule has 0 saturated carbocycles. The quantitative estimate of drug-likeness (QED) is 0.403. The van der Waals surface area contributed by atoms with Crippen molar-refractivity contribution in [1.29, 1.82) is 0 Å². The van der Waals surface area contributed by atoms with Gasteiger partial charge in [-0.05, 0) is 0 Å². The fourth-order valence-corrected chi connectivity index (χ4v) is 13.1. The van der Waals surface area contributed by atoms with Crippen LogP contribution in [0, 0.1) is 20.8 Å². The van der Waals surface area contributed by atoms with E-state index in [-0.39, 0.29) is 42.3 Å². The van der Waals surface area contributed by atoms with Gasteiger partial charge in [0.2, 0.25) is 0 Å². The summed E-state index contributed by atoms with van der Waals surface area (Å²) in [6.07, 6.45) is 2.62. The summed E-state index contributed by atoms with van der Waals surface area (Å²) in [5, 5.41) is 1.96. The minimum Gasteiger partial charge on any atom is -1.00 e. The van der Waals surface area contributed by atoms with Crippen molar-refractivity contribution >= 4 is 13.3 Å². The first-order chi connectivity index (χ1) is 11.5. The molecule has 0 bridgehead atoms. The zero-order valence-corrected chi connectivity index (χ0v) is 23.7. The Balaban J connectivity index is 0. The fourth-order valence-electron chi connectivity index (χ4n) is 5.30. The minimum atomic E-state index is -1.78. The monoisotopic (exact) mass is 492 g/mol. The Morgan fingerprint density at radius 1 is 0.893 bits per heavy atom. The Hall–Kier alpha value is 0.501. The molecule has 0 amide bonds. The molecule has 0 nitrogen and oxygen atoms in total. The van der Waals surface area contributed by atoms with E-state index in [2.05, 4.69) is 94.5 Å². The van der Waals surface area contributed by atoms with Crippen LogP contribution in [0.15, 0.2) is 32.7 Å². The molecule has 0 aromatic heterocycles. The molecule has 1 aromatic rings. The standard InChI is InChI=1S/C23H35Si.3ClH.Ti/c1-10-11-12-24(9,22-17(3)13-16(2)14-18(22)4)23(8)15-19(5)20(6)21(23)7;;;;/h13-14H,10-12H2,1-9H3;3*1H;/q;;;;+3/p-3. The van der Waals surface area contributed by atoms with Gasteiger partial charge >= 0.3 is 169 Å². The molecule has 28 heavy (non-hydrogen) atoms. The molecule has 2 rings (SSSR count). The van der Waals surface area contributed by atoms with Crippen molar-refractivity contribution in [3.8, 4) is 0 Å².